The van der Waals surface area contributed by atoms with Crippen molar-refractivity contribution in [2.45, 2.75) is 18.3 Å². The van der Waals surface area contributed by atoms with Gasteiger partial charge in [-0.2, -0.15) is 0 Å². The van der Waals surface area contributed by atoms with Gasteiger partial charge in [0.15, 0.2) is 0 Å². The summed E-state index contributed by atoms with van der Waals surface area (Å²) in [5.41, 5.74) is 20.5. The molecule has 0 saturated carbocycles. The van der Waals surface area contributed by atoms with Gasteiger partial charge in [0.1, 0.15) is 0 Å². The van der Waals surface area contributed by atoms with Crippen LogP contribution in [-0.4, -0.2) is 4.57 Å². The molecule has 1 heterocycles. The fraction of sp³-hybridized carbons (Fsp3) is 0.0492. The van der Waals surface area contributed by atoms with Gasteiger partial charge in [-0.1, -0.05) is 182 Å². The lowest BCUT2D eigenvalue weighted by atomic mass is 9.67. The summed E-state index contributed by atoms with van der Waals surface area (Å²) in [7, 11) is 0. The topological polar surface area (TPSA) is 8.17 Å². The number of hydrogen-bond acceptors (Lipinski definition) is 1. The standard InChI is InChI=1S/C61H44N2/c1-5-17-43(18-6-1)44-29-34-50(35-30-44)62(51-36-31-45(32-37-51)46-33-40-60-56(41-46)55-26-14-16-28-59(55)63(60)49-23-11-4-12-24-49)52-38-39-54-53-25-13-15-27-57(53)61(58(54)42-52,47-19-7-2-8-20-47)48-21-9-3-10-22-48/h1-15,17-27,29-42H,16,28H2. The zero-order chi connectivity index (χ0) is 41.7. The molecule has 0 amide bonds. The van der Waals surface area contributed by atoms with Gasteiger partial charge in [0.25, 0.3) is 0 Å². The summed E-state index contributed by atoms with van der Waals surface area (Å²) >= 11 is 0. The lowest BCUT2D eigenvalue weighted by molar-refractivity contribution is 0.768. The molecule has 0 radical (unpaired) electrons. The van der Waals surface area contributed by atoms with Crippen molar-refractivity contribution in [3.63, 3.8) is 0 Å². The highest BCUT2D eigenvalue weighted by molar-refractivity contribution is 5.96. The molecule has 0 spiro atoms. The molecule has 2 heteroatoms. The van der Waals surface area contributed by atoms with Gasteiger partial charge in [-0.25, -0.2) is 0 Å². The molecule has 63 heavy (non-hydrogen) atoms. The molecule has 0 saturated heterocycles. The first-order valence-corrected chi connectivity index (χ1v) is 22.1. The summed E-state index contributed by atoms with van der Waals surface area (Å²) in [5.74, 6) is 0. The van der Waals surface area contributed by atoms with E-state index in [0.717, 1.165) is 29.9 Å². The lowest BCUT2D eigenvalue weighted by Gasteiger charge is -2.35. The largest absolute Gasteiger partial charge is 0.313 e. The molecule has 0 N–H and O–H groups in total. The predicted octanol–water partition coefficient (Wildman–Crippen LogP) is 15.8. The monoisotopic (exact) mass is 804 g/mol. The van der Waals surface area contributed by atoms with Gasteiger partial charge in [-0.3, -0.25) is 0 Å². The fourth-order valence-corrected chi connectivity index (χ4v) is 10.5. The van der Waals surface area contributed by atoms with Crippen LogP contribution in [0.1, 0.15) is 39.9 Å². The van der Waals surface area contributed by atoms with Crippen molar-refractivity contribution >= 4 is 34.0 Å². The van der Waals surface area contributed by atoms with Crippen LogP contribution in [0.2, 0.25) is 0 Å². The van der Waals surface area contributed by atoms with E-state index in [-0.39, 0.29) is 0 Å². The molecule has 2 aliphatic rings. The number of anilines is 3. The second-order valence-electron chi connectivity index (χ2n) is 16.8. The van der Waals surface area contributed by atoms with Crippen LogP contribution in [0.15, 0.2) is 237 Å². The van der Waals surface area contributed by atoms with Crippen LogP contribution >= 0.6 is 0 Å². The van der Waals surface area contributed by atoms with Crippen LogP contribution in [0.4, 0.5) is 17.1 Å². The highest BCUT2D eigenvalue weighted by Gasteiger charge is 2.46. The third-order valence-corrected chi connectivity index (χ3v) is 13.3. The van der Waals surface area contributed by atoms with E-state index in [1.54, 1.807) is 0 Å². The molecule has 0 aliphatic heterocycles. The van der Waals surface area contributed by atoms with Crippen LogP contribution in [0, 0.1) is 0 Å². The molecule has 10 aromatic rings. The Hall–Kier alpha value is -7.94. The Morgan fingerprint density at radius 1 is 0.413 bits per heavy atom. The van der Waals surface area contributed by atoms with Crippen LogP contribution in [0.25, 0.3) is 56.0 Å². The lowest BCUT2D eigenvalue weighted by Crippen LogP contribution is -2.28. The van der Waals surface area contributed by atoms with E-state index in [2.05, 4.69) is 252 Å². The summed E-state index contributed by atoms with van der Waals surface area (Å²) < 4.78 is 2.46. The molecule has 2 nitrogen and oxygen atoms in total. The molecule has 0 bridgehead atoms. The van der Waals surface area contributed by atoms with E-state index in [0.29, 0.717) is 0 Å². The van der Waals surface area contributed by atoms with Gasteiger partial charge in [0.05, 0.1) is 10.9 Å². The van der Waals surface area contributed by atoms with Crippen molar-refractivity contribution < 1.29 is 0 Å². The SMILES string of the molecule is C1=Cc2c(n(-c3ccccc3)c3ccc(-c4ccc(N(c5ccc(-c6ccccc6)cc5)c5ccc6c(c5)C(c5ccccc5)(c5ccccc5)c5ccccc5-6)cc4)cc23)CC1. The Labute approximate surface area is 369 Å². The first kappa shape index (κ1) is 36.9. The number of aromatic nitrogens is 1. The molecule has 12 rings (SSSR count). The number of fused-ring (bicyclic) bond motifs is 6. The maximum absolute atomic E-state index is 2.46. The number of benzene rings is 9. The van der Waals surface area contributed by atoms with Crippen molar-refractivity contribution in [3.8, 4) is 39.1 Å². The van der Waals surface area contributed by atoms with Gasteiger partial charge in [0.2, 0.25) is 0 Å². The number of nitrogens with zero attached hydrogens (tertiary/aromatic N) is 2. The Morgan fingerprint density at radius 3 is 1.60 bits per heavy atom. The maximum Gasteiger partial charge on any atom is 0.0714 e. The molecule has 0 fully saturated rings. The highest BCUT2D eigenvalue weighted by atomic mass is 15.1. The smallest absolute Gasteiger partial charge is 0.0714 e. The second kappa shape index (κ2) is 15.2. The summed E-state index contributed by atoms with van der Waals surface area (Å²) in [6.45, 7) is 0. The van der Waals surface area contributed by atoms with Gasteiger partial charge >= 0.3 is 0 Å². The summed E-state index contributed by atoms with van der Waals surface area (Å²) in [6, 6.07) is 84.8. The zero-order valence-electron chi connectivity index (χ0n) is 34.9. The quantitative estimate of drug-likeness (QED) is 0.149. The van der Waals surface area contributed by atoms with Crippen molar-refractivity contribution in [1.29, 1.82) is 0 Å². The Bertz CT molecular complexity index is 3250. The minimum atomic E-state index is -0.496. The molecule has 0 unspecified atom stereocenters. The van der Waals surface area contributed by atoms with Gasteiger partial charge in [0, 0.05) is 39.4 Å². The molecular formula is C61H44N2. The molecule has 9 aromatic carbocycles. The third kappa shape index (κ3) is 6.02. The van der Waals surface area contributed by atoms with Crippen LogP contribution in [0.3, 0.4) is 0 Å². The predicted molar refractivity (Wildman–Crippen MR) is 263 cm³/mol. The van der Waals surface area contributed by atoms with E-state index in [1.807, 2.05) is 0 Å². The Balaban J connectivity index is 1.01. The number of hydrogen-bond donors (Lipinski definition) is 0. The van der Waals surface area contributed by atoms with E-state index < -0.39 is 5.41 Å². The normalized spacial score (nSPS) is 13.3. The van der Waals surface area contributed by atoms with E-state index in [9.17, 15) is 0 Å². The van der Waals surface area contributed by atoms with Crippen molar-refractivity contribution in [2.75, 3.05) is 4.90 Å². The van der Waals surface area contributed by atoms with Crippen molar-refractivity contribution in [1.82, 2.24) is 4.57 Å². The maximum atomic E-state index is 2.46. The first-order chi connectivity index (χ1) is 31.3. The molecule has 0 atom stereocenters. The summed E-state index contributed by atoms with van der Waals surface area (Å²) in [4.78, 5) is 2.42. The number of allylic oxidation sites excluding steroid dienone is 1. The summed E-state index contributed by atoms with van der Waals surface area (Å²) in [6.07, 6.45) is 6.75. The molecular weight excluding hydrogens is 761 g/mol. The summed E-state index contributed by atoms with van der Waals surface area (Å²) in [5, 5.41) is 1.30. The minimum absolute atomic E-state index is 0.496. The zero-order valence-corrected chi connectivity index (χ0v) is 34.9. The highest BCUT2D eigenvalue weighted by Crippen LogP contribution is 2.57. The second-order valence-corrected chi connectivity index (χ2v) is 16.8. The van der Waals surface area contributed by atoms with E-state index in [4.69, 9.17) is 0 Å². The Morgan fingerprint density at radius 2 is 0.937 bits per heavy atom. The average molecular weight is 805 g/mol. The number of rotatable bonds is 8. The Kier molecular flexibility index (Phi) is 8.90. The van der Waals surface area contributed by atoms with Gasteiger partial charge < -0.3 is 9.47 Å². The third-order valence-electron chi connectivity index (χ3n) is 13.3. The minimum Gasteiger partial charge on any atom is -0.313 e. The average Bonchev–Trinajstić information content (AvgIpc) is 3.86. The van der Waals surface area contributed by atoms with Crippen molar-refractivity contribution in [3.05, 3.63) is 270 Å². The van der Waals surface area contributed by atoms with E-state index >= 15 is 0 Å². The van der Waals surface area contributed by atoms with Crippen LogP contribution in [-0.2, 0) is 11.8 Å². The van der Waals surface area contributed by atoms with Crippen LogP contribution < -0.4 is 4.90 Å². The van der Waals surface area contributed by atoms with Gasteiger partial charge in [-0.15, -0.1) is 0 Å². The van der Waals surface area contributed by atoms with E-state index in [1.165, 1.54) is 83.5 Å². The molecule has 298 valence electrons. The number of para-hydroxylation sites is 1. The molecule has 2 aliphatic carbocycles. The van der Waals surface area contributed by atoms with Gasteiger partial charge in [-0.05, 0) is 129 Å². The fourth-order valence-electron chi connectivity index (χ4n) is 10.5. The van der Waals surface area contributed by atoms with Crippen molar-refractivity contribution in [2.24, 2.45) is 0 Å². The molecule has 1 aromatic heterocycles. The van der Waals surface area contributed by atoms with Crippen LogP contribution in [0.5, 0.6) is 0 Å². The first-order valence-electron chi connectivity index (χ1n) is 22.1.